The molecule has 1 aromatic rings. The van der Waals surface area contributed by atoms with Crippen LogP contribution in [0.5, 0.6) is 0 Å². The molecule has 1 fully saturated rings. The lowest BCUT2D eigenvalue weighted by atomic mass is 10.1. The Labute approximate surface area is 106 Å². The first-order valence-electron chi connectivity index (χ1n) is 6.12. The molecule has 0 aromatic carbocycles. The summed E-state index contributed by atoms with van der Waals surface area (Å²) in [4.78, 5) is 23.4. The highest BCUT2D eigenvalue weighted by molar-refractivity contribution is 5.72. The molecule has 0 saturated carbocycles. The smallest absolute Gasteiger partial charge is 0.308 e. The average molecular weight is 250 g/mol. The first kappa shape index (κ1) is 12.6. The van der Waals surface area contributed by atoms with Gasteiger partial charge >= 0.3 is 5.97 Å². The Morgan fingerprint density at radius 1 is 1.61 bits per heavy atom. The van der Waals surface area contributed by atoms with Crippen molar-refractivity contribution in [3.05, 3.63) is 12.4 Å². The summed E-state index contributed by atoms with van der Waals surface area (Å²) in [5.74, 6) is 0.662. The molecule has 98 valence electrons. The number of carboxylic acids is 1. The maximum atomic E-state index is 10.9. The van der Waals surface area contributed by atoms with Crippen LogP contribution >= 0.6 is 0 Å². The lowest BCUT2D eigenvalue weighted by Crippen LogP contribution is -2.24. The topological polar surface area (TPSA) is 69.6 Å². The second kappa shape index (κ2) is 5.20. The summed E-state index contributed by atoms with van der Waals surface area (Å²) in [5, 5.41) is 8.99. The maximum Gasteiger partial charge on any atom is 0.308 e. The Hall–Kier alpha value is -1.85. The van der Waals surface area contributed by atoms with Gasteiger partial charge in [-0.1, -0.05) is 0 Å². The Morgan fingerprint density at radius 3 is 3.00 bits per heavy atom. The Kier molecular flexibility index (Phi) is 3.64. The summed E-state index contributed by atoms with van der Waals surface area (Å²) in [5.41, 5.74) is 0. The van der Waals surface area contributed by atoms with Crippen LogP contribution in [0.4, 0.5) is 11.6 Å². The molecule has 1 aliphatic rings. The molecular weight excluding hydrogens is 232 g/mol. The first-order chi connectivity index (χ1) is 8.61. The summed E-state index contributed by atoms with van der Waals surface area (Å²) < 4.78 is 0. The standard InChI is InChI=1S/C12H18N4O2/c1-3-15(2)10-6-11(14-8-13-10)16-5-4-9(7-16)12(17)18/h6,8-9H,3-5,7H2,1-2H3,(H,17,18). The van der Waals surface area contributed by atoms with Gasteiger partial charge in [-0.15, -0.1) is 0 Å². The van der Waals surface area contributed by atoms with E-state index in [4.69, 9.17) is 5.11 Å². The molecule has 2 rings (SSSR count). The molecule has 1 aromatic heterocycles. The number of carbonyl (C=O) groups is 1. The molecule has 1 saturated heterocycles. The Morgan fingerprint density at radius 2 is 2.39 bits per heavy atom. The second-order valence-electron chi connectivity index (χ2n) is 4.52. The number of carboxylic acid groups (broad SMARTS) is 1. The number of anilines is 2. The van der Waals surface area contributed by atoms with Gasteiger partial charge in [-0.05, 0) is 13.3 Å². The van der Waals surface area contributed by atoms with Crippen molar-refractivity contribution in [3.8, 4) is 0 Å². The van der Waals surface area contributed by atoms with Crippen molar-refractivity contribution in [3.63, 3.8) is 0 Å². The largest absolute Gasteiger partial charge is 0.481 e. The maximum absolute atomic E-state index is 10.9. The van der Waals surface area contributed by atoms with E-state index in [1.807, 2.05) is 22.9 Å². The fourth-order valence-corrected chi connectivity index (χ4v) is 2.05. The number of aromatic nitrogens is 2. The van der Waals surface area contributed by atoms with E-state index < -0.39 is 5.97 Å². The van der Waals surface area contributed by atoms with Gasteiger partial charge in [-0.3, -0.25) is 4.79 Å². The molecule has 0 amide bonds. The third-order valence-electron chi connectivity index (χ3n) is 3.37. The van der Waals surface area contributed by atoms with E-state index >= 15 is 0 Å². The molecule has 1 aliphatic heterocycles. The van der Waals surface area contributed by atoms with Crippen LogP contribution < -0.4 is 9.80 Å². The molecular formula is C12H18N4O2. The Balaban J connectivity index is 2.12. The monoisotopic (exact) mass is 250 g/mol. The average Bonchev–Trinajstić information content (AvgIpc) is 2.88. The first-order valence-corrected chi connectivity index (χ1v) is 6.12. The number of hydrogen-bond acceptors (Lipinski definition) is 5. The zero-order chi connectivity index (χ0) is 13.1. The molecule has 1 unspecified atom stereocenters. The van der Waals surface area contributed by atoms with Gasteiger partial charge in [-0.25, -0.2) is 9.97 Å². The van der Waals surface area contributed by atoms with Crippen molar-refractivity contribution in [1.29, 1.82) is 0 Å². The van der Waals surface area contributed by atoms with Crippen LogP contribution in [0.25, 0.3) is 0 Å². The molecule has 0 bridgehead atoms. The van der Waals surface area contributed by atoms with Crippen LogP contribution in [-0.2, 0) is 4.79 Å². The van der Waals surface area contributed by atoms with E-state index in [1.165, 1.54) is 6.33 Å². The van der Waals surface area contributed by atoms with E-state index in [0.717, 1.165) is 24.7 Å². The predicted octanol–water partition coefficient (Wildman–Crippen LogP) is 0.844. The van der Waals surface area contributed by atoms with E-state index in [2.05, 4.69) is 16.9 Å². The summed E-state index contributed by atoms with van der Waals surface area (Å²) in [7, 11) is 1.97. The normalized spacial score (nSPS) is 19.0. The zero-order valence-electron chi connectivity index (χ0n) is 10.7. The minimum absolute atomic E-state index is 0.285. The number of rotatable bonds is 4. The van der Waals surface area contributed by atoms with E-state index in [9.17, 15) is 4.79 Å². The van der Waals surface area contributed by atoms with Gasteiger partial charge in [0.2, 0.25) is 0 Å². The molecule has 0 aliphatic carbocycles. The number of aliphatic carboxylic acids is 1. The van der Waals surface area contributed by atoms with E-state index in [-0.39, 0.29) is 5.92 Å². The molecule has 18 heavy (non-hydrogen) atoms. The summed E-state index contributed by atoms with van der Waals surface area (Å²) >= 11 is 0. The summed E-state index contributed by atoms with van der Waals surface area (Å²) in [6.07, 6.45) is 2.21. The van der Waals surface area contributed by atoms with E-state index in [1.54, 1.807) is 0 Å². The van der Waals surface area contributed by atoms with Gasteiger partial charge in [-0.2, -0.15) is 0 Å². The molecule has 1 atom stereocenters. The molecule has 6 nitrogen and oxygen atoms in total. The molecule has 0 radical (unpaired) electrons. The van der Waals surface area contributed by atoms with Gasteiger partial charge in [0.25, 0.3) is 0 Å². The molecule has 6 heteroatoms. The molecule has 0 spiro atoms. The second-order valence-corrected chi connectivity index (χ2v) is 4.52. The molecule has 2 heterocycles. The zero-order valence-corrected chi connectivity index (χ0v) is 10.7. The summed E-state index contributed by atoms with van der Waals surface area (Å²) in [6, 6.07) is 1.91. The van der Waals surface area contributed by atoms with Crippen LogP contribution in [0, 0.1) is 5.92 Å². The minimum atomic E-state index is -0.725. The van der Waals surface area contributed by atoms with Crippen molar-refractivity contribution >= 4 is 17.6 Å². The fourth-order valence-electron chi connectivity index (χ4n) is 2.05. The van der Waals surface area contributed by atoms with Crippen LogP contribution in [0.15, 0.2) is 12.4 Å². The van der Waals surface area contributed by atoms with Crippen LogP contribution in [0.1, 0.15) is 13.3 Å². The van der Waals surface area contributed by atoms with Gasteiger partial charge < -0.3 is 14.9 Å². The Bertz CT molecular complexity index is 438. The predicted molar refractivity (Wildman–Crippen MR) is 68.9 cm³/mol. The van der Waals surface area contributed by atoms with Crippen molar-refractivity contribution in [2.24, 2.45) is 5.92 Å². The highest BCUT2D eigenvalue weighted by Gasteiger charge is 2.28. The van der Waals surface area contributed by atoms with Gasteiger partial charge in [0.1, 0.15) is 18.0 Å². The van der Waals surface area contributed by atoms with Crippen LogP contribution in [-0.4, -0.2) is 47.7 Å². The quantitative estimate of drug-likeness (QED) is 0.854. The third-order valence-corrected chi connectivity index (χ3v) is 3.37. The molecule has 1 N–H and O–H groups in total. The van der Waals surface area contributed by atoms with Gasteiger partial charge in [0, 0.05) is 32.7 Å². The van der Waals surface area contributed by atoms with Crippen molar-refractivity contribution in [2.75, 3.05) is 36.5 Å². The van der Waals surface area contributed by atoms with Crippen molar-refractivity contribution in [1.82, 2.24) is 9.97 Å². The fraction of sp³-hybridized carbons (Fsp3) is 0.583. The minimum Gasteiger partial charge on any atom is -0.481 e. The highest BCUT2D eigenvalue weighted by atomic mass is 16.4. The van der Waals surface area contributed by atoms with Crippen LogP contribution in [0.2, 0.25) is 0 Å². The third kappa shape index (κ3) is 2.52. The number of nitrogens with zero attached hydrogens (tertiary/aromatic N) is 4. The van der Waals surface area contributed by atoms with Gasteiger partial charge in [0.05, 0.1) is 5.92 Å². The summed E-state index contributed by atoms with van der Waals surface area (Å²) in [6.45, 7) is 4.19. The SMILES string of the molecule is CCN(C)c1cc(N2CCC(C(=O)O)C2)ncn1. The lowest BCUT2D eigenvalue weighted by Gasteiger charge is -2.20. The van der Waals surface area contributed by atoms with E-state index in [0.29, 0.717) is 13.0 Å². The van der Waals surface area contributed by atoms with Crippen molar-refractivity contribution < 1.29 is 9.90 Å². The van der Waals surface area contributed by atoms with Gasteiger partial charge in [0.15, 0.2) is 0 Å². The van der Waals surface area contributed by atoms with Crippen LogP contribution in [0.3, 0.4) is 0 Å². The lowest BCUT2D eigenvalue weighted by molar-refractivity contribution is -0.140. The number of hydrogen-bond donors (Lipinski definition) is 1. The van der Waals surface area contributed by atoms with Crippen molar-refractivity contribution in [2.45, 2.75) is 13.3 Å². The highest BCUT2D eigenvalue weighted by Crippen LogP contribution is 2.24.